The molecule has 1 atom stereocenters. The molecule has 0 bridgehead atoms. The molecular formula is C63H118O6. The van der Waals surface area contributed by atoms with Crippen molar-refractivity contribution >= 4 is 17.9 Å². The molecule has 0 aliphatic carbocycles. The molecule has 6 heteroatoms. The van der Waals surface area contributed by atoms with Crippen molar-refractivity contribution in [1.82, 2.24) is 0 Å². The third-order valence-corrected chi connectivity index (χ3v) is 14.0. The molecule has 6 nitrogen and oxygen atoms in total. The van der Waals surface area contributed by atoms with Crippen molar-refractivity contribution in [3.05, 3.63) is 24.3 Å². The second kappa shape index (κ2) is 58.5. The van der Waals surface area contributed by atoms with Gasteiger partial charge in [0, 0.05) is 19.3 Å². The van der Waals surface area contributed by atoms with E-state index in [-0.39, 0.29) is 31.1 Å². The summed E-state index contributed by atoms with van der Waals surface area (Å²) in [6, 6.07) is 0. The third kappa shape index (κ3) is 56.7. The fraction of sp³-hybridized carbons (Fsp3) is 0.889. The van der Waals surface area contributed by atoms with Crippen LogP contribution in [0.25, 0.3) is 0 Å². The zero-order chi connectivity index (χ0) is 50.0. The van der Waals surface area contributed by atoms with Gasteiger partial charge in [0.05, 0.1) is 0 Å². The van der Waals surface area contributed by atoms with Crippen LogP contribution in [0.2, 0.25) is 0 Å². The van der Waals surface area contributed by atoms with Crippen LogP contribution < -0.4 is 0 Å². The van der Waals surface area contributed by atoms with Gasteiger partial charge in [-0.05, 0) is 44.9 Å². The predicted octanol–water partition coefficient (Wildman–Crippen LogP) is 20.7. The van der Waals surface area contributed by atoms with Crippen molar-refractivity contribution < 1.29 is 28.6 Å². The van der Waals surface area contributed by atoms with Crippen LogP contribution in [-0.4, -0.2) is 37.2 Å². The maximum atomic E-state index is 12.8. The Labute approximate surface area is 430 Å². The van der Waals surface area contributed by atoms with Crippen LogP contribution in [0.4, 0.5) is 0 Å². The summed E-state index contributed by atoms with van der Waals surface area (Å²) in [5, 5.41) is 0. The molecular weight excluding hydrogens is 853 g/mol. The van der Waals surface area contributed by atoms with Gasteiger partial charge < -0.3 is 14.2 Å². The van der Waals surface area contributed by atoms with Crippen molar-refractivity contribution in [2.45, 2.75) is 348 Å². The van der Waals surface area contributed by atoms with E-state index in [9.17, 15) is 14.4 Å². The first-order valence-corrected chi connectivity index (χ1v) is 30.8. The highest BCUT2D eigenvalue weighted by Gasteiger charge is 2.19. The van der Waals surface area contributed by atoms with Crippen LogP contribution in [0.1, 0.15) is 342 Å². The van der Waals surface area contributed by atoms with E-state index in [2.05, 4.69) is 45.1 Å². The average Bonchev–Trinajstić information content (AvgIpc) is 3.35. The minimum absolute atomic E-state index is 0.0720. The first kappa shape index (κ1) is 66.9. The summed E-state index contributed by atoms with van der Waals surface area (Å²) in [4.78, 5) is 38.0. The lowest BCUT2D eigenvalue weighted by molar-refractivity contribution is -0.167. The molecule has 0 saturated carbocycles. The maximum Gasteiger partial charge on any atom is 0.306 e. The Balaban J connectivity index is 4.07. The minimum Gasteiger partial charge on any atom is -0.462 e. The smallest absolute Gasteiger partial charge is 0.306 e. The van der Waals surface area contributed by atoms with Crippen LogP contribution in [0.15, 0.2) is 24.3 Å². The average molecular weight is 972 g/mol. The van der Waals surface area contributed by atoms with Gasteiger partial charge in [-0.15, -0.1) is 0 Å². The van der Waals surface area contributed by atoms with E-state index in [1.165, 1.54) is 218 Å². The second-order valence-electron chi connectivity index (χ2n) is 21.0. The fourth-order valence-corrected chi connectivity index (χ4v) is 9.29. The molecule has 0 radical (unpaired) electrons. The number of hydrogen-bond donors (Lipinski definition) is 0. The number of carbonyl (C=O) groups is 3. The van der Waals surface area contributed by atoms with Crippen LogP contribution in [0, 0.1) is 0 Å². The van der Waals surface area contributed by atoms with E-state index < -0.39 is 6.10 Å². The molecule has 0 amide bonds. The van der Waals surface area contributed by atoms with E-state index >= 15 is 0 Å². The van der Waals surface area contributed by atoms with Crippen molar-refractivity contribution in [2.24, 2.45) is 0 Å². The molecule has 0 fully saturated rings. The van der Waals surface area contributed by atoms with Crippen molar-refractivity contribution in [3.63, 3.8) is 0 Å². The van der Waals surface area contributed by atoms with E-state index in [1.54, 1.807) is 0 Å². The van der Waals surface area contributed by atoms with Gasteiger partial charge in [-0.1, -0.05) is 302 Å². The Kier molecular flexibility index (Phi) is 56.7. The molecule has 0 rings (SSSR count). The van der Waals surface area contributed by atoms with Crippen LogP contribution in [0.5, 0.6) is 0 Å². The number of esters is 3. The van der Waals surface area contributed by atoms with Gasteiger partial charge >= 0.3 is 17.9 Å². The monoisotopic (exact) mass is 971 g/mol. The molecule has 0 aromatic heterocycles. The number of rotatable bonds is 57. The largest absolute Gasteiger partial charge is 0.462 e. The second-order valence-corrected chi connectivity index (χ2v) is 21.0. The predicted molar refractivity (Wildman–Crippen MR) is 298 cm³/mol. The zero-order valence-corrected chi connectivity index (χ0v) is 46.6. The Morgan fingerprint density at radius 2 is 0.536 bits per heavy atom. The summed E-state index contributed by atoms with van der Waals surface area (Å²) in [7, 11) is 0. The fourth-order valence-electron chi connectivity index (χ4n) is 9.29. The highest BCUT2D eigenvalue weighted by Crippen LogP contribution is 2.18. The first-order chi connectivity index (χ1) is 34.0. The highest BCUT2D eigenvalue weighted by molar-refractivity contribution is 5.71. The topological polar surface area (TPSA) is 78.9 Å². The molecule has 0 spiro atoms. The molecule has 0 saturated heterocycles. The summed E-state index contributed by atoms with van der Waals surface area (Å²) >= 11 is 0. The summed E-state index contributed by atoms with van der Waals surface area (Å²) in [5.74, 6) is -0.869. The molecule has 406 valence electrons. The van der Waals surface area contributed by atoms with Gasteiger partial charge in [0.2, 0.25) is 0 Å². The molecule has 0 aliphatic heterocycles. The molecule has 0 aromatic rings. The summed E-state index contributed by atoms with van der Waals surface area (Å²) in [6.45, 7) is 6.62. The minimum atomic E-state index is -0.773. The number of carbonyl (C=O) groups excluding carboxylic acids is 3. The van der Waals surface area contributed by atoms with Crippen molar-refractivity contribution in [2.75, 3.05) is 13.2 Å². The lowest BCUT2D eigenvalue weighted by Gasteiger charge is -2.18. The molecule has 0 aliphatic rings. The lowest BCUT2D eigenvalue weighted by Crippen LogP contribution is -2.30. The Morgan fingerprint density at radius 3 is 0.841 bits per heavy atom. The van der Waals surface area contributed by atoms with E-state index in [1.807, 2.05) is 0 Å². The summed E-state index contributed by atoms with van der Waals surface area (Å²) in [6.07, 6.45) is 69.2. The Bertz CT molecular complexity index is 1110. The zero-order valence-electron chi connectivity index (χ0n) is 46.6. The maximum absolute atomic E-state index is 12.8. The van der Waals surface area contributed by atoms with Crippen molar-refractivity contribution in [1.29, 1.82) is 0 Å². The highest BCUT2D eigenvalue weighted by atomic mass is 16.6. The molecule has 1 unspecified atom stereocenters. The number of ether oxygens (including phenoxy) is 3. The van der Waals surface area contributed by atoms with Gasteiger partial charge in [-0.2, -0.15) is 0 Å². The quantitative estimate of drug-likeness (QED) is 0.0261. The van der Waals surface area contributed by atoms with Crippen LogP contribution in [-0.2, 0) is 28.6 Å². The number of unbranched alkanes of at least 4 members (excludes halogenated alkanes) is 42. The molecule has 0 heterocycles. The van der Waals surface area contributed by atoms with Crippen molar-refractivity contribution in [3.8, 4) is 0 Å². The van der Waals surface area contributed by atoms with Gasteiger partial charge in [0.25, 0.3) is 0 Å². The van der Waals surface area contributed by atoms with Gasteiger partial charge in [0.15, 0.2) is 6.10 Å². The summed E-state index contributed by atoms with van der Waals surface area (Å²) in [5.41, 5.74) is 0. The SMILES string of the molecule is CCCC/C=C\C/C=C\CCCCCCCC(=O)OC(COC(=O)CCCCCCCCCCC)COC(=O)CCCCCCCCCCCCCCCCCCCCCCCCCCCCCC. The molecule has 0 aromatic carbocycles. The standard InChI is InChI=1S/C63H118O6/c1-4-7-10-13-16-19-21-23-25-26-27-28-29-30-31-32-33-34-35-36-37-38-40-41-44-47-50-53-56-62(65)68-59-60(58-67-61(64)55-52-49-46-43-18-15-12-9-6-3)69-63(66)57-54-51-48-45-42-39-24-22-20-17-14-11-8-5-2/h14,17,22,24,60H,4-13,15-16,18-21,23,25-59H2,1-3H3/b17-14-,24-22-. The van der Waals surface area contributed by atoms with E-state index in [4.69, 9.17) is 14.2 Å². The number of hydrogen-bond acceptors (Lipinski definition) is 6. The van der Waals surface area contributed by atoms with Gasteiger partial charge in [-0.3, -0.25) is 14.4 Å². The van der Waals surface area contributed by atoms with Crippen LogP contribution >= 0.6 is 0 Å². The van der Waals surface area contributed by atoms with Gasteiger partial charge in [0.1, 0.15) is 13.2 Å². The lowest BCUT2D eigenvalue weighted by atomic mass is 10.0. The first-order valence-electron chi connectivity index (χ1n) is 30.8. The van der Waals surface area contributed by atoms with E-state index in [0.29, 0.717) is 19.3 Å². The van der Waals surface area contributed by atoms with Crippen LogP contribution in [0.3, 0.4) is 0 Å². The third-order valence-electron chi connectivity index (χ3n) is 14.0. The number of allylic oxidation sites excluding steroid dienone is 4. The van der Waals surface area contributed by atoms with Gasteiger partial charge in [-0.25, -0.2) is 0 Å². The Morgan fingerprint density at radius 1 is 0.290 bits per heavy atom. The summed E-state index contributed by atoms with van der Waals surface area (Å²) < 4.78 is 16.8. The normalized spacial score (nSPS) is 12.1. The Hall–Kier alpha value is -2.11. The molecule has 69 heavy (non-hydrogen) atoms. The van der Waals surface area contributed by atoms with E-state index in [0.717, 1.165) is 83.5 Å². The molecule has 0 N–H and O–H groups in total.